The molecule has 2 aromatic heterocycles. The lowest BCUT2D eigenvalue weighted by atomic mass is 10.1. The van der Waals surface area contributed by atoms with Crippen LogP contribution in [-0.4, -0.2) is 19.7 Å². The van der Waals surface area contributed by atoms with Crippen LogP contribution in [0.15, 0.2) is 75.6 Å². The average molecular weight is 404 g/mol. The lowest BCUT2D eigenvalue weighted by Gasteiger charge is -2.13. The summed E-state index contributed by atoms with van der Waals surface area (Å²) < 4.78 is 7.50. The Hall–Kier alpha value is -3.19. The fourth-order valence-electron chi connectivity index (χ4n) is 2.95. The molecule has 4 rings (SSSR count). The van der Waals surface area contributed by atoms with E-state index in [0.717, 1.165) is 5.56 Å². The Kier molecular flexibility index (Phi) is 5.31. The van der Waals surface area contributed by atoms with Crippen LogP contribution in [0.25, 0.3) is 22.4 Å². The van der Waals surface area contributed by atoms with Gasteiger partial charge in [0.15, 0.2) is 5.16 Å². The molecular formula is C22H20N4O2S. The summed E-state index contributed by atoms with van der Waals surface area (Å²) in [5, 5.41) is 9.38. The smallest absolute Gasteiger partial charge is 0.262 e. The van der Waals surface area contributed by atoms with Crippen molar-refractivity contribution in [2.45, 2.75) is 30.8 Å². The Balaban J connectivity index is 1.66. The highest BCUT2D eigenvalue weighted by atomic mass is 32.2. The van der Waals surface area contributed by atoms with Crippen LogP contribution in [0.5, 0.6) is 0 Å². The number of para-hydroxylation sites is 1. The van der Waals surface area contributed by atoms with Gasteiger partial charge in [-0.25, -0.2) is 4.98 Å². The van der Waals surface area contributed by atoms with E-state index in [0.29, 0.717) is 34.4 Å². The summed E-state index contributed by atoms with van der Waals surface area (Å²) in [6.07, 6.45) is 1.69. The van der Waals surface area contributed by atoms with Crippen LogP contribution in [0.1, 0.15) is 23.6 Å². The van der Waals surface area contributed by atoms with Gasteiger partial charge in [-0.3, -0.25) is 9.36 Å². The summed E-state index contributed by atoms with van der Waals surface area (Å²) in [6, 6.07) is 15.3. The molecule has 6 nitrogen and oxygen atoms in total. The molecule has 0 saturated heterocycles. The molecule has 0 aliphatic heterocycles. The summed E-state index contributed by atoms with van der Waals surface area (Å²) in [6.45, 7) is 8.12. The van der Waals surface area contributed by atoms with Gasteiger partial charge >= 0.3 is 0 Å². The fourth-order valence-corrected chi connectivity index (χ4v) is 3.90. The zero-order chi connectivity index (χ0) is 20.4. The van der Waals surface area contributed by atoms with Gasteiger partial charge < -0.3 is 4.42 Å². The molecule has 0 aliphatic rings. The van der Waals surface area contributed by atoms with Gasteiger partial charge in [0.25, 0.3) is 5.56 Å². The predicted octanol–water partition coefficient (Wildman–Crippen LogP) is 4.79. The van der Waals surface area contributed by atoms with E-state index in [2.05, 4.69) is 21.8 Å². The number of hydrogen-bond donors (Lipinski definition) is 0. The lowest BCUT2D eigenvalue weighted by Crippen LogP contribution is -2.23. The van der Waals surface area contributed by atoms with Crippen LogP contribution in [0.4, 0.5) is 0 Å². The SMILES string of the molecule is C=CCn1c(S[C@H](C)c2nnc(-c3ccc(C)cc3)o2)nc2ccccc2c1=O. The number of nitrogens with zero attached hydrogens (tertiary/aromatic N) is 4. The summed E-state index contributed by atoms with van der Waals surface area (Å²) in [5.41, 5.74) is 2.62. The quantitative estimate of drug-likeness (QED) is 0.261. The summed E-state index contributed by atoms with van der Waals surface area (Å²) in [7, 11) is 0. The Morgan fingerprint density at radius 2 is 1.93 bits per heavy atom. The van der Waals surface area contributed by atoms with Gasteiger partial charge in [0.05, 0.1) is 16.2 Å². The van der Waals surface area contributed by atoms with Crippen molar-refractivity contribution in [1.82, 2.24) is 19.7 Å². The molecule has 0 aliphatic carbocycles. The number of aryl methyl sites for hydroxylation is 1. The van der Waals surface area contributed by atoms with Crippen molar-refractivity contribution < 1.29 is 4.42 Å². The van der Waals surface area contributed by atoms with E-state index in [1.165, 1.54) is 17.3 Å². The monoisotopic (exact) mass is 404 g/mol. The van der Waals surface area contributed by atoms with Crippen LogP contribution < -0.4 is 5.56 Å². The predicted molar refractivity (Wildman–Crippen MR) is 115 cm³/mol. The van der Waals surface area contributed by atoms with E-state index in [-0.39, 0.29) is 10.8 Å². The van der Waals surface area contributed by atoms with Crippen molar-refractivity contribution >= 4 is 22.7 Å². The third-order valence-electron chi connectivity index (χ3n) is 4.51. The van der Waals surface area contributed by atoms with Gasteiger partial charge in [-0.2, -0.15) is 0 Å². The first-order chi connectivity index (χ1) is 14.1. The van der Waals surface area contributed by atoms with E-state index >= 15 is 0 Å². The van der Waals surface area contributed by atoms with Gasteiger partial charge in [-0.1, -0.05) is 47.7 Å². The van der Waals surface area contributed by atoms with Crippen molar-refractivity contribution in [2.24, 2.45) is 0 Å². The highest BCUT2D eigenvalue weighted by molar-refractivity contribution is 7.99. The third kappa shape index (κ3) is 3.86. The summed E-state index contributed by atoms with van der Waals surface area (Å²) in [4.78, 5) is 17.6. The molecule has 0 unspecified atom stereocenters. The molecule has 7 heteroatoms. The molecule has 0 amide bonds. The average Bonchev–Trinajstić information content (AvgIpc) is 3.22. The Bertz CT molecular complexity index is 1230. The number of fused-ring (bicyclic) bond motifs is 1. The molecule has 1 atom stereocenters. The van der Waals surface area contributed by atoms with Crippen molar-refractivity contribution in [1.29, 1.82) is 0 Å². The molecule has 2 aromatic carbocycles. The third-order valence-corrected chi connectivity index (χ3v) is 5.59. The molecule has 146 valence electrons. The first-order valence-electron chi connectivity index (χ1n) is 9.24. The van der Waals surface area contributed by atoms with Gasteiger partial charge in [0, 0.05) is 12.1 Å². The second kappa shape index (κ2) is 8.05. The van der Waals surface area contributed by atoms with Gasteiger partial charge in [-0.05, 0) is 38.1 Å². The number of thioether (sulfide) groups is 1. The second-order valence-electron chi connectivity index (χ2n) is 6.69. The molecule has 2 heterocycles. The van der Waals surface area contributed by atoms with E-state index in [4.69, 9.17) is 4.42 Å². The minimum atomic E-state index is -0.175. The maximum atomic E-state index is 12.9. The first-order valence-corrected chi connectivity index (χ1v) is 10.1. The van der Waals surface area contributed by atoms with Crippen molar-refractivity contribution in [3.05, 3.63) is 83.0 Å². The van der Waals surface area contributed by atoms with Crippen molar-refractivity contribution in [3.63, 3.8) is 0 Å². The zero-order valence-corrected chi connectivity index (χ0v) is 17.0. The Morgan fingerprint density at radius 1 is 1.17 bits per heavy atom. The molecule has 29 heavy (non-hydrogen) atoms. The molecule has 0 N–H and O–H groups in total. The van der Waals surface area contributed by atoms with Crippen LogP contribution in [-0.2, 0) is 6.54 Å². The van der Waals surface area contributed by atoms with E-state index < -0.39 is 0 Å². The lowest BCUT2D eigenvalue weighted by molar-refractivity contribution is 0.508. The molecule has 0 saturated carbocycles. The normalized spacial score (nSPS) is 12.2. The van der Waals surface area contributed by atoms with Crippen molar-refractivity contribution in [3.8, 4) is 11.5 Å². The van der Waals surface area contributed by atoms with Crippen LogP contribution >= 0.6 is 11.8 Å². The number of rotatable bonds is 6. The standard InChI is InChI=1S/C22H20N4O2S/c1-4-13-26-21(27)17-7-5-6-8-18(17)23-22(26)29-15(3)19-24-25-20(28-19)16-11-9-14(2)10-12-16/h4-12,15H,1,13H2,2-3H3/t15-/m1/s1. The highest BCUT2D eigenvalue weighted by Crippen LogP contribution is 2.34. The number of benzene rings is 2. The topological polar surface area (TPSA) is 73.8 Å². The van der Waals surface area contributed by atoms with Crippen molar-refractivity contribution in [2.75, 3.05) is 0 Å². The number of aromatic nitrogens is 4. The molecule has 0 radical (unpaired) electrons. The van der Waals surface area contributed by atoms with Gasteiger partial charge in [-0.15, -0.1) is 16.8 Å². The highest BCUT2D eigenvalue weighted by Gasteiger charge is 2.20. The molecule has 0 spiro atoms. The van der Waals surface area contributed by atoms with Crippen LogP contribution in [0, 0.1) is 6.92 Å². The molecule has 4 aromatic rings. The number of hydrogen-bond acceptors (Lipinski definition) is 6. The zero-order valence-electron chi connectivity index (χ0n) is 16.2. The second-order valence-corrected chi connectivity index (χ2v) is 8.00. The van der Waals surface area contributed by atoms with E-state index in [1.54, 1.807) is 16.7 Å². The van der Waals surface area contributed by atoms with E-state index in [9.17, 15) is 4.79 Å². The molecule has 0 fully saturated rings. The maximum Gasteiger partial charge on any atom is 0.262 e. The van der Waals surface area contributed by atoms with Crippen LogP contribution in [0.3, 0.4) is 0 Å². The number of allylic oxidation sites excluding steroid dienone is 1. The van der Waals surface area contributed by atoms with Crippen LogP contribution in [0.2, 0.25) is 0 Å². The summed E-state index contributed by atoms with van der Waals surface area (Å²) >= 11 is 1.41. The minimum absolute atomic E-state index is 0.0870. The molecular weight excluding hydrogens is 384 g/mol. The Morgan fingerprint density at radius 3 is 2.69 bits per heavy atom. The van der Waals surface area contributed by atoms with Gasteiger partial charge in [0.2, 0.25) is 11.8 Å². The fraction of sp³-hybridized carbons (Fsp3) is 0.182. The van der Waals surface area contributed by atoms with Gasteiger partial charge in [0.1, 0.15) is 0 Å². The Labute approximate surface area is 172 Å². The maximum absolute atomic E-state index is 12.9. The largest absolute Gasteiger partial charge is 0.419 e. The molecule has 0 bridgehead atoms. The van der Waals surface area contributed by atoms with E-state index in [1.807, 2.05) is 56.3 Å². The summed E-state index contributed by atoms with van der Waals surface area (Å²) in [5.74, 6) is 0.959. The first kappa shape index (κ1) is 19.1. The minimum Gasteiger partial charge on any atom is -0.419 e.